The summed E-state index contributed by atoms with van der Waals surface area (Å²) in [6.07, 6.45) is 1.84. The summed E-state index contributed by atoms with van der Waals surface area (Å²) in [5, 5.41) is 3.88. The SMILES string of the molecule is CC(C)(C)OC(=O)c1ccc(NC(=O)c2ccc3cc[nH]c3c2)cc1. The first-order chi connectivity index (χ1) is 11.8. The molecule has 2 N–H and O–H groups in total. The Bertz CT molecular complexity index is 918. The largest absolute Gasteiger partial charge is 0.456 e. The molecule has 0 fully saturated rings. The molecule has 1 amide bonds. The number of nitrogens with one attached hydrogen (secondary N) is 2. The molecule has 0 bridgehead atoms. The van der Waals surface area contributed by atoms with Crippen LogP contribution in [0.5, 0.6) is 0 Å². The van der Waals surface area contributed by atoms with Gasteiger partial charge in [0.1, 0.15) is 5.60 Å². The van der Waals surface area contributed by atoms with Gasteiger partial charge in [0.25, 0.3) is 5.91 Å². The van der Waals surface area contributed by atoms with Gasteiger partial charge in [-0.05, 0) is 68.6 Å². The van der Waals surface area contributed by atoms with Crippen LogP contribution in [0.1, 0.15) is 41.5 Å². The number of hydrogen-bond donors (Lipinski definition) is 2. The normalized spacial score (nSPS) is 11.3. The molecule has 3 rings (SSSR count). The number of carbonyl (C=O) groups is 2. The molecule has 0 unspecified atom stereocenters. The third-order valence-corrected chi connectivity index (χ3v) is 3.59. The van der Waals surface area contributed by atoms with Crippen molar-refractivity contribution in [3.63, 3.8) is 0 Å². The van der Waals surface area contributed by atoms with Crippen molar-refractivity contribution in [2.24, 2.45) is 0 Å². The van der Waals surface area contributed by atoms with Crippen LogP contribution in [0.2, 0.25) is 0 Å². The number of benzene rings is 2. The van der Waals surface area contributed by atoms with E-state index in [-0.39, 0.29) is 11.9 Å². The zero-order valence-corrected chi connectivity index (χ0v) is 14.4. The highest BCUT2D eigenvalue weighted by Crippen LogP contribution is 2.17. The first-order valence-electron chi connectivity index (χ1n) is 8.04. The fourth-order valence-electron chi connectivity index (χ4n) is 2.42. The van der Waals surface area contributed by atoms with Gasteiger partial charge in [-0.25, -0.2) is 4.79 Å². The number of aromatic nitrogens is 1. The van der Waals surface area contributed by atoms with Crippen LogP contribution in [0.4, 0.5) is 5.69 Å². The quantitative estimate of drug-likeness (QED) is 0.697. The molecule has 128 valence electrons. The van der Waals surface area contributed by atoms with Gasteiger partial charge < -0.3 is 15.0 Å². The predicted octanol–water partition coefficient (Wildman–Crippen LogP) is 4.38. The van der Waals surface area contributed by atoms with Crippen molar-refractivity contribution in [3.05, 3.63) is 65.9 Å². The first-order valence-corrected chi connectivity index (χ1v) is 8.04. The van der Waals surface area contributed by atoms with Crippen molar-refractivity contribution in [3.8, 4) is 0 Å². The molecular formula is C20H20N2O3. The van der Waals surface area contributed by atoms with Gasteiger partial charge in [0.15, 0.2) is 0 Å². The highest BCUT2D eigenvalue weighted by Gasteiger charge is 2.17. The monoisotopic (exact) mass is 336 g/mol. The molecule has 0 radical (unpaired) electrons. The van der Waals surface area contributed by atoms with Gasteiger partial charge in [0.05, 0.1) is 5.56 Å². The maximum atomic E-state index is 12.4. The minimum Gasteiger partial charge on any atom is -0.456 e. The van der Waals surface area contributed by atoms with Gasteiger partial charge >= 0.3 is 5.97 Å². The Morgan fingerprint density at radius 2 is 1.64 bits per heavy atom. The van der Waals surface area contributed by atoms with Gasteiger partial charge in [0.2, 0.25) is 0 Å². The van der Waals surface area contributed by atoms with Crippen molar-refractivity contribution in [2.75, 3.05) is 5.32 Å². The Morgan fingerprint density at radius 3 is 2.32 bits per heavy atom. The molecule has 0 atom stereocenters. The minimum atomic E-state index is -0.541. The van der Waals surface area contributed by atoms with E-state index in [0.29, 0.717) is 16.8 Å². The summed E-state index contributed by atoms with van der Waals surface area (Å²) in [5.41, 5.74) is 1.99. The van der Waals surface area contributed by atoms with Crippen molar-refractivity contribution < 1.29 is 14.3 Å². The number of aromatic amines is 1. The lowest BCUT2D eigenvalue weighted by Gasteiger charge is -2.19. The molecular weight excluding hydrogens is 316 g/mol. The summed E-state index contributed by atoms with van der Waals surface area (Å²) in [5.74, 6) is -0.593. The number of hydrogen-bond acceptors (Lipinski definition) is 3. The van der Waals surface area contributed by atoms with Gasteiger partial charge in [-0.15, -0.1) is 0 Å². The lowest BCUT2D eigenvalue weighted by atomic mass is 10.1. The van der Waals surface area contributed by atoms with Gasteiger partial charge in [-0.1, -0.05) is 6.07 Å². The summed E-state index contributed by atoms with van der Waals surface area (Å²) in [4.78, 5) is 27.5. The van der Waals surface area contributed by atoms with Crippen molar-refractivity contribution >= 4 is 28.5 Å². The maximum absolute atomic E-state index is 12.4. The van der Waals surface area contributed by atoms with Crippen LogP contribution in [0.25, 0.3) is 10.9 Å². The average Bonchev–Trinajstić information content (AvgIpc) is 3.01. The summed E-state index contributed by atoms with van der Waals surface area (Å²) in [6.45, 7) is 5.46. The van der Waals surface area contributed by atoms with Crippen LogP contribution in [0, 0.1) is 0 Å². The molecule has 0 saturated heterocycles. The third kappa shape index (κ3) is 4.07. The maximum Gasteiger partial charge on any atom is 0.338 e. The Kier molecular flexibility index (Phi) is 4.31. The lowest BCUT2D eigenvalue weighted by Crippen LogP contribution is -2.23. The van der Waals surface area contributed by atoms with Gasteiger partial charge in [0, 0.05) is 23.0 Å². The number of anilines is 1. The van der Waals surface area contributed by atoms with E-state index in [9.17, 15) is 9.59 Å². The average molecular weight is 336 g/mol. The molecule has 1 aromatic heterocycles. The molecule has 3 aromatic rings. The molecule has 5 heteroatoms. The highest BCUT2D eigenvalue weighted by atomic mass is 16.6. The number of rotatable bonds is 3. The van der Waals surface area contributed by atoms with Crippen molar-refractivity contribution in [1.29, 1.82) is 0 Å². The number of carbonyl (C=O) groups excluding carboxylic acids is 2. The van der Waals surface area contributed by atoms with Crippen molar-refractivity contribution in [1.82, 2.24) is 4.98 Å². The first kappa shape index (κ1) is 16.8. The topological polar surface area (TPSA) is 71.2 Å². The van der Waals surface area contributed by atoms with E-state index in [4.69, 9.17) is 4.74 Å². The fraction of sp³-hybridized carbons (Fsp3) is 0.200. The highest BCUT2D eigenvalue weighted by molar-refractivity contribution is 6.06. The summed E-state index contributed by atoms with van der Waals surface area (Å²) < 4.78 is 5.32. The smallest absolute Gasteiger partial charge is 0.338 e. The van der Waals surface area contributed by atoms with Crippen LogP contribution in [0.3, 0.4) is 0 Å². The molecule has 0 aliphatic carbocycles. The van der Waals surface area contributed by atoms with Crippen LogP contribution < -0.4 is 5.32 Å². The van der Waals surface area contributed by atoms with E-state index in [1.807, 2.05) is 39.1 Å². The molecule has 0 aliphatic heterocycles. The van der Waals surface area contributed by atoms with E-state index in [1.165, 1.54) is 0 Å². The van der Waals surface area contributed by atoms with Crippen LogP contribution in [-0.4, -0.2) is 22.5 Å². The van der Waals surface area contributed by atoms with Crippen LogP contribution in [-0.2, 0) is 4.74 Å². The Labute approximate surface area is 146 Å². The predicted molar refractivity (Wildman–Crippen MR) is 97.9 cm³/mol. The van der Waals surface area contributed by atoms with Crippen molar-refractivity contribution in [2.45, 2.75) is 26.4 Å². The summed E-state index contributed by atoms with van der Waals surface area (Å²) in [7, 11) is 0. The Morgan fingerprint density at radius 1 is 0.960 bits per heavy atom. The lowest BCUT2D eigenvalue weighted by molar-refractivity contribution is 0.00695. The number of H-pyrrole nitrogens is 1. The van der Waals surface area contributed by atoms with E-state index in [1.54, 1.807) is 36.4 Å². The second kappa shape index (κ2) is 6.43. The second-order valence-electron chi connectivity index (χ2n) is 6.81. The number of ether oxygens (including phenoxy) is 1. The number of amides is 1. The molecule has 5 nitrogen and oxygen atoms in total. The fourth-order valence-corrected chi connectivity index (χ4v) is 2.42. The number of fused-ring (bicyclic) bond motifs is 1. The second-order valence-corrected chi connectivity index (χ2v) is 6.81. The van der Waals surface area contributed by atoms with E-state index < -0.39 is 5.60 Å². The Balaban J connectivity index is 1.70. The molecule has 25 heavy (non-hydrogen) atoms. The molecule has 0 saturated carbocycles. The minimum absolute atomic E-state index is 0.207. The van der Waals surface area contributed by atoms with E-state index in [2.05, 4.69) is 10.3 Å². The van der Waals surface area contributed by atoms with E-state index >= 15 is 0 Å². The van der Waals surface area contributed by atoms with Gasteiger partial charge in [-0.3, -0.25) is 4.79 Å². The Hall–Kier alpha value is -3.08. The van der Waals surface area contributed by atoms with Crippen LogP contribution >= 0.6 is 0 Å². The zero-order chi connectivity index (χ0) is 18.0. The number of esters is 1. The summed E-state index contributed by atoms with van der Waals surface area (Å²) >= 11 is 0. The third-order valence-electron chi connectivity index (χ3n) is 3.59. The summed E-state index contributed by atoms with van der Waals surface area (Å²) in [6, 6.07) is 14.1. The van der Waals surface area contributed by atoms with Crippen LogP contribution in [0.15, 0.2) is 54.7 Å². The molecule has 0 spiro atoms. The molecule has 0 aliphatic rings. The van der Waals surface area contributed by atoms with E-state index in [0.717, 1.165) is 10.9 Å². The zero-order valence-electron chi connectivity index (χ0n) is 14.4. The van der Waals surface area contributed by atoms with Gasteiger partial charge in [-0.2, -0.15) is 0 Å². The molecule has 1 heterocycles. The standard InChI is InChI=1S/C20H20N2O3/c1-20(2,3)25-19(24)14-6-8-16(9-7-14)22-18(23)15-5-4-13-10-11-21-17(13)12-15/h4-12,21H,1-3H3,(H,22,23). The molecule has 2 aromatic carbocycles.